The third-order valence-corrected chi connectivity index (χ3v) is 4.03. The fourth-order valence-corrected chi connectivity index (χ4v) is 2.39. The highest BCUT2D eigenvalue weighted by atomic mass is 16.4. The Morgan fingerprint density at radius 3 is 1.82 bits per heavy atom. The molecule has 5 heteroatoms. The Hall–Kier alpha value is -2.14. The molecular formula is C23H36NO4-. The average Bonchev–Trinajstić information content (AvgIpc) is 2.68. The summed E-state index contributed by atoms with van der Waals surface area (Å²) in [6, 6.07) is -1.33. The smallest absolute Gasteiger partial charge is 0.220 e. The van der Waals surface area contributed by atoms with Gasteiger partial charge in [-0.2, -0.15) is 0 Å². The number of aliphatic hydroxyl groups is 1. The summed E-state index contributed by atoms with van der Waals surface area (Å²) in [5.74, 6) is -1.87. The van der Waals surface area contributed by atoms with Crippen LogP contribution in [0.15, 0.2) is 48.6 Å². The van der Waals surface area contributed by atoms with Crippen molar-refractivity contribution in [3.63, 3.8) is 0 Å². The quantitative estimate of drug-likeness (QED) is 0.294. The van der Waals surface area contributed by atoms with Crippen molar-refractivity contribution >= 4 is 11.9 Å². The lowest BCUT2D eigenvalue weighted by Gasteiger charge is -2.16. The van der Waals surface area contributed by atoms with Crippen LogP contribution in [0.1, 0.15) is 71.1 Å². The zero-order valence-corrected chi connectivity index (χ0v) is 17.1. The maximum Gasteiger partial charge on any atom is 0.220 e. The number of aliphatic hydroxyl groups excluding tert-OH is 1. The van der Waals surface area contributed by atoms with Gasteiger partial charge in [-0.05, 0) is 44.9 Å². The fraction of sp³-hybridized carbons (Fsp3) is 0.565. The normalized spacial score (nSPS) is 13.2. The van der Waals surface area contributed by atoms with Crippen LogP contribution in [0.4, 0.5) is 0 Å². The second kappa shape index (κ2) is 19.6. The van der Waals surface area contributed by atoms with E-state index >= 15 is 0 Å². The van der Waals surface area contributed by atoms with E-state index in [4.69, 9.17) is 5.11 Å². The van der Waals surface area contributed by atoms with Crippen molar-refractivity contribution in [2.24, 2.45) is 0 Å². The van der Waals surface area contributed by atoms with Crippen molar-refractivity contribution in [1.82, 2.24) is 5.32 Å². The SMILES string of the molecule is CCCCC/C=C\C/C=C\C/C=C\C/C=C\CCCC(=O)N[C@@H](CO)C(=O)[O-]. The van der Waals surface area contributed by atoms with Gasteiger partial charge in [0.1, 0.15) is 0 Å². The Bertz CT molecular complexity index is 521. The lowest BCUT2D eigenvalue weighted by Crippen LogP contribution is -2.49. The number of hydrogen-bond donors (Lipinski definition) is 2. The molecule has 0 rings (SSSR count). The summed E-state index contributed by atoms with van der Waals surface area (Å²) in [5.41, 5.74) is 0. The zero-order valence-electron chi connectivity index (χ0n) is 17.1. The van der Waals surface area contributed by atoms with E-state index in [9.17, 15) is 14.7 Å². The topological polar surface area (TPSA) is 89.5 Å². The molecule has 158 valence electrons. The molecule has 0 aromatic heterocycles. The van der Waals surface area contributed by atoms with Gasteiger partial charge in [0.15, 0.2) is 0 Å². The Balaban J connectivity index is 3.62. The number of rotatable bonds is 17. The van der Waals surface area contributed by atoms with E-state index < -0.39 is 18.6 Å². The number of amides is 1. The van der Waals surface area contributed by atoms with Gasteiger partial charge >= 0.3 is 0 Å². The Labute approximate surface area is 169 Å². The molecule has 0 unspecified atom stereocenters. The molecule has 0 fully saturated rings. The molecule has 0 aliphatic heterocycles. The van der Waals surface area contributed by atoms with Gasteiger partial charge in [0.05, 0.1) is 18.6 Å². The molecule has 0 heterocycles. The molecule has 0 saturated heterocycles. The van der Waals surface area contributed by atoms with Crippen LogP contribution in [0.2, 0.25) is 0 Å². The van der Waals surface area contributed by atoms with E-state index in [0.717, 1.165) is 25.7 Å². The van der Waals surface area contributed by atoms with Crippen LogP contribution in [0, 0.1) is 0 Å². The first-order chi connectivity index (χ1) is 13.6. The number of carboxylic acid groups (broad SMARTS) is 1. The molecule has 0 aliphatic carbocycles. The molecule has 0 bridgehead atoms. The number of nitrogens with one attached hydrogen (secondary N) is 1. The Kier molecular flexibility index (Phi) is 18.1. The van der Waals surface area contributed by atoms with Crippen molar-refractivity contribution in [3.05, 3.63) is 48.6 Å². The lowest BCUT2D eigenvalue weighted by atomic mass is 10.2. The standard InChI is InChI=1S/C23H37NO4/c1-2-3-4-5-6-7-8-9-10-11-12-13-14-15-16-17-18-19-22(26)24-21(20-25)23(27)28/h6-7,9-10,12-13,15-16,21,25H,2-5,8,11,14,17-20H2,1H3,(H,24,26)(H,27,28)/p-1/b7-6-,10-9-,13-12-,16-15-/t21-/m0/s1. The minimum atomic E-state index is -1.48. The second-order valence-corrected chi connectivity index (χ2v) is 6.60. The molecular weight excluding hydrogens is 354 g/mol. The predicted molar refractivity (Wildman–Crippen MR) is 112 cm³/mol. The summed E-state index contributed by atoms with van der Waals surface area (Å²) in [6.45, 7) is 1.56. The Morgan fingerprint density at radius 2 is 1.36 bits per heavy atom. The highest BCUT2D eigenvalue weighted by Crippen LogP contribution is 2.01. The molecule has 1 amide bonds. The highest BCUT2D eigenvalue weighted by molar-refractivity contribution is 5.82. The molecule has 2 N–H and O–H groups in total. The number of allylic oxidation sites excluding steroid dienone is 8. The summed E-state index contributed by atoms with van der Waals surface area (Å²) in [7, 11) is 0. The van der Waals surface area contributed by atoms with Crippen molar-refractivity contribution < 1.29 is 19.8 Å². The Morgan fingerprint density at radius 1 is 0.857 bits per heavy atom. The molecule has 0 radical (unpaired) electrons. The number of unbranched alkanes of at least 4 members (excludes halogenated alkanes) is 4. The summed E-state index contributed by atoms with van der Waals surface area (Å²) < 4.78 is 0. The summed E-state index contributed by atoms with van der Waals surface area (Å²) >= 11 is 0. The van der Waals surface area contributed by atoms with E-state index in [0.29, 0.717) is 6.42 Å². The molecule has 0 spiro atoms. The van der Waals surface area contributed by atoms with Crippen LogP contribution >= 0.6 is 0 Å². The monoisotopic (exact) mass is 390 g/mol. The number of carbonyl (C=O) groups is 2. The van der Waals surface area contributed by atoms with Crippen molar-refractivity contribution in [2.45, 2.75) is 77.2 Å². The van der Waals surface area contributed by atoms with Crippen LogP contribution in [0.25, 0.3) is 0 Å². The molecule has 0 aromatic rings. The van der Waals surface area contributed by atoms with E-state index in [1.54, 1.807) is 0 Å². The first kappa shape index (κ1) is 25.9. The summed E-state index contributed by atoms with van der Waals surface area (Å²) in [6.07, 6.45) is 26.6. The van der Waals surface area contributed by atoms with Crippen LogP contribution in [0.5, 0.6) is 0 Å². The zero-order chi connectivity index (χ0) is 20.9. The predicted octanol–water partition coefficient (Wildman–Crippen LogP) is 3.36. The van der Waals surface area contributed by atoms with Gasteiger partial charge < -0.3 is 20.3 Å². The molecule has 0 saturated carbocycles. The number of carboxylic acids is 1. The van der Waals surface area contributed by atoms with Gasteiger partial charge in [-0.25, -0.2) is 0 Å². The van der Waals surface area contributed by atoms with Gasteiger partial charge in [-0.3, -0.25) is 4.79 Å². The third kappa shape index (κ3) is 17.3. The summed E-state index contributed by atoms with van der Waals surface area (Å²) in [5, 5.41) is 21.6. The van der Waals surface area contributed by atoms with E-state index in [1.165, 1.54) is 25.7 Å². The van der Waals surface area contributed by atoms with Gasteiger partial charge in [-0.15, -0.1) is 0 Å². The van der Waals surface area contributed by atoms with Crippen LogP contribution in [0.3, 0.4) is 0 Å². The molecule has 28 heavy (non-hydrogen) atoms. The van der Waals surface area contributed by atoms with Gasteiger partial charge in [0.2, 0.25) is 5.91 Å². The third-order valence-electron chi connectivity index (χ3n) is 4.03. The minimum Gasteiger partial charge on any atom is -0.548 e. The van der Waals surface area contributed by atoms with Crippen LogP contribution in [-0.4, -0.2) is 29.6 Å². The van der Waals surface area contributed by atoms with E-state index in [-0.39, 0.29) is 12.3 Å². The fourth-order valence-electron chi connectivity index (χ4n) is 2.39. The maximum atomic E-state index is 11.5. The largest absolute Gasteiger partial charge is 0.548 e. The molecule has 1 atom stereocenters. The second-order valence-electron chi connectivity index (χ2n) is 6.60. The highest BCUT2D eigenvalue weighted by Gasteiger charge is 2.11. The average molecular weight is 391 g/mol. The first-order valence-electron chi connectivity index (χ1n) is 10.3. The van der Waals surface area contributed by atoms with Crippen molar-refractivity contribution in [1.29, 1.82) is 0 Å². The van der Waals surface area contributed by atoms with E-state index in [2.05, 4.69) is 54.8 Å². The molecule has 0 aliphatic rings. The number of carbonyl (C=O) groups excluding carboxylic acids is 2. The van der Waals surface area contributed by atoms with Gasteiger partial charge in [0, 0.05) is 6.42 Å². The number of hydrogen-bond acceptors (Lipinski definition) is 4. The van der Waals surface area contributed by atoms with Crippen molar-refractivity contribution in [3.8, 4) is 0 Å². The van der Waals surface area contributed by atoms with Crippen LogP contribution in [-0.2, 0) is 9.59 Å². The molecule has 5 nitrogen and oxygen atoms in total. The minimum absolute atomic E-state index is 0.224. The van der Waals surface area contributed by atoms with Gasteiger partial charge in [-0.1, -0.05) is 68.4 Å². The van der Waals surface area contributed by atoms with E-state index in [1.807, 2.05) is 6.08 Å². The molecule has 0 aromatic carbocycles. The first-order valence-corrected chi connectivity index (χ1v) is 10.3. The lowest BCUT2D eigenvalue weighted by molar-refractivity contribution is -0.309. The van der Waals surface area contributed by atoms with Gasteiger partial charge in [0.25, 0.3) is 0 Å². The van der Waals surface area contributed by atoms with Crippen molar-refractivity contribution in [2.75, 3.05) is 6.61 Å². The summed E-state index contributed by atoms with van der Waals surface area (Å²) in [4.78, 5) is 22.1. The number of aliphatic carboxylic acids is 1. The maximum absolute atomic E-state index is 11.5. The van der Waals surface area contributed by atoms with Crippen LogP contribution < -0.4 is 10.4 Å².